The lowest BCUT2D eigenvalue weighted by Gasteiger charge is -2.22. The van der Waals surface area contributed by atoms with Crippen LogP contribution in [-0.4, -0.2) is 29.3 Å². The maximum Gasteiger partial charge on any atom is 0.325 e. The SMILES string of the molecule is CCc1cccc(C)c1NC(=O)CN1C(=O)N[C@](C)(c2ccc(Cl)cc2)C1=O. The largest absolute Gasteiger partial charge is 0.325 e. The maximum atomic E-state index is 12.9. The van der Waals surface area contributed by atoms with Gasteiger partial charge in [-0.1, -0.05) is 48.9 Å². The van der Waals surface area contributed by atoms with Gasteiger partial charge in [-0.05, 0) is 49.1 Å². The summed E-state index contributed by atoms with van der Waals surface area (Å²) >= 11 is 5.91. The first-order valence-electron chi connectivity index (χ1n) is 9.04. The highest BCUT2D eigenvalue weighted by Gasteiger charge is 2.49. The number of rotatable bonds is 5. The number of halogens is 1. The molecule has 7 heteroatoms. The van der Waals surface area contributed by atoms with Gasteiger partial charge in [-0.3, -0.25) is 14.5 Å². The second-order valence-electron chi connectivity index (χ2n) is 6.96. The highest BCUT2D eigenvalue weighted by atomic mass is 35.5. The van der Waals surface area contributed by atoms with Crippen molar-refractivity contribution in [3.8, 4) is 0 Å². The first kappa shape index (κ1) is 19.9. The molecule has 146 valence electrons. The summed E-state index contributed by atoms with van der Waals surface area (Å²) in [5, 5.41) is 6.06. The van der Waals surface area contributed by atoms with E-state index in [1.54, 1.807) is 31.2 Å². The maximum absolute atomic E-state index is 12.9. The zero-order chi connectivity index (χ0) is 20.5. The molecule has 28 heavy (non-hydrogen) atoms. The molecule has 1 heterocycles. The molecule has 0 radical (unpaired) electrons. The molecule has 2 aromatic rings. The van der Waals surface area contributed by atoms with Crippen molar-refractivity contribution in [2.24, 2.45) is 0 Å². The van der Waals surface area contributed by atoms with Gasteiger partial charge in [-0.15, -0.1) is 0 Å². The Bertz CT molecular complexity index is 942. The van der Waals surface area contributed by atoms with Crippen molar-refractivity contribution in [2.45, 2.75) is 32.7 Å². The molecule has 0 aromatic heterocycles. The third-order valence-electron chi connectivity index (χ3n) is 5.00. The molecule has 0 bridgehead atoms. The van der Waals surface area contributed by atoms with Crippen molar-refractivity contribution in [2.75, 3.05) is 11.9 Å². The van der Waals surface area contributed by atoms with Crippen LogP contribution in [0.3, 0.4) is 0 Å². The summed E-state index contributed by atoms with van der Waals surface area (Å²) in [6.07, 6.45) is 0.759. The van der Waals surface area contributed by atoms with Gasteiger partial charge < -0.3 is 10.6 Å². The van der Waals surface area contributed by atoms with Crippen molar-refractivity contribution in [1.29, 1.82) is 0 Å². The molecule has 3 rings (SSSR count). The number of anilines is 1. The average Bonchev–Trinajstić information content (AvgIpc) is 2.88. The monoisotopic (exact) mass is 399 g/mol. The second kappa shape index (κ2) is 7.64. The number of imide groups is 1. The molecule has 6 nitrogen and oxygen atoms in total. The van der Waals surface area contributed by atoms with Gasteiger partial charge >= 0.3 is 6.03 Å². The highest BCUT2D eigenvalue weighted by Crippen LogP contribution is 2.29. The standard InChI is InChI=1S/C21H22ClN3O3/c1-4-14-7-5-6-13(2)18(14)23-17(26)12-25-19(27)21(3,24-20(25)28)15-8-10-16(22)11-9-15/h5-11H,4,12H2,1-3H3,(H,23,26)(H,24,28)/t21-/m1/s1. The van der Waals surface area contributed by atoms with Gasteiger partial charge in [-0.2, -0.15) is 0 Å². The molecule has 4 amide bonds. The molecule has 1 saturated heterocycles. The van der Waals surface area contributed by atoms with Crippen LogP contribution in [0.5, 0.6) is 0 Å². The first-order valence-corrected chi connectivity index (χ1v) is 9.42. The van der Waals surface area contributed by atoms with E-state index in [-0.39, 0.29) is 6.54 Å². The molecule has 0 spiro atoms. The Morgan fingerprint density at radius 2 is 1.86 bits per heavy atom. The van der Waals surface area contributed by atoms with Crippen LogP contribution >= 0.6 is 11.6 Å². The van der Waals surface area contributed by atoms with Gasteiger partial charge in [0.2, 0.25) is 5.91 Å². The minimum absolute atomic E-state index is 0.356. The van der Waals surface area contributed by atoms with Gasteiger partial charge in [0.25, 0.3) is 5.91 Å². The molecular weight excluding hydrogens is 378 g/mol. The normalized spacial score (nSPS) is 18.9. The van der Waals surface area contributed by atoms with Crippen LogP contribution in [0.2, 0.25) is 5.02 Å². The smallest absolute Gasteiger partial charge is 0.324 e. The topological polar surface area (TPSA) is 78.5 Å². The van der Waals surface area contributed by atoms with Crippen LogP contribution in [-0.2, 0) is 21.5 Å². The lowest BCUT2D eigenvalue weighted by Crippen LogP contribution is -2.42. The Morgan fingerprint density at radius 1 is 1.18 bits per heavy atom. The number of aryl methyl sites for hydroxylation is 2. The molecule has 1 aliphatic rings. The third-order valence-corrected chi connectivity index (χ3v) is 5.25. The van der Waals surface area contributed by atoms with Crippen molar-refractivity contribution in [3.63, 3.8) is 0 Å². The Balaban J connectivity index is 1.78. The van der Waals surface area contributed by atoms with Gasteiger partial charge in [0.1, 0.15) is 12.1 Å². The zero-order valence-electron chi connectivity index (χ0n) is 16.0. The second-order valence-corrected chi connectivity index (χ2v) is 7.40. The zero-order valence-corrected chi connectivity index (χ0v) is 16.8. The molecule has 2 N–H and O–H groups in total. The Labute approximate surface area is 168 Å². The molecule has 1 atom stereocenters. The minimum Gasteiger partial charge on any atom is -0.324 e. The van der Waals surface area contributed by atoms with Gasteiger partial charge in [0.05, 0.1) is 0 Å². The number of nitrogens with zero attached hydrogens (tertiary/aromatic N) is 1. The van der Waals surface area contributed by atoms with Crippen molar-refractivity contribution >= 4 is 35.1 Å². The number of carbonyl (C=O) groups is 3. The van der Waals surface area contributed by atoms with Gasteiger partial charge in [0, 0.05) is 10.7 Å². The van der Waals surface area contributed by atoms with Gasteiger partial charge in [0.15, 0.2) is 0 Å². The number of carbonyl (C=O) groups excluding carboxylic acids is 3. The fourth-order valence-corrected chi connectivity index (χ4v) is 3.47. The van der Waals surface area contributed by atoms with E-state index < -0.39 is 23.4 Å². The fraction of sp³-hybridized carbons (Fsp3) is 0.286. The molecule has 0 saturated carbocycles. The van der Waals surface area contributed by atoms with E-state index in [0.717, 1.165) is 28.1 Å². The van der Waals surface area contributed by atoms with Crippen LogP contribution in [0.1, 0.15) is 30.5 Å². The molecule has 0 unspecified atom stereocenters. The molecule has 1 fully saturated rings. The average molecular weight is 400 g/mol. The molecule has 1 aliphatic heterocycles. The number of para-hydroxylation sites is 1. The Morgan fingerprint density at radius 3 is 2.50 bits per heavy atom. The predicted molar refractivity (Wildman–Crippen MR) is 108 cm³/mol. The summed E-state index contributed by atoms with van der Waals surface area (Å²) in [5.74, 6) is -0.900. The minimum atomic E-state index is -1.24. The summed E-state index contributed by atoms with van der Waals surface area (Å²) in [6.45, 7) is 5.16. The Hall–Kier alpha value is -2.86. The molecule has 0 aliphatic carbocycles. The Kier molecular flexibility index (Phi) is 5.42. The molecule has 2 aromatic carbocycles. The quantitative estimate of drug-likeness (QED) is 0.754. The van der Waals surface area contributed by atoms with E-state index in [4.69, 9.17) is 11.6 Å². The summed E-state index contributed by atoms with van der Waals surface area (Å²) < 4.78 is 0. The van der Waals surface area contributed by atoms with Gasteiger partial charge in [-0.25, -0.2) is 4.79 Å². The van der Waals surface area contributed by atoms with E-state index in [0.29, 0.717) is 10.6 Å². The number of nitrogens with one attached hydrogen (secondary N) is 2. The summed E-state index contributed by atoms with van der Waals surface area (Å²) in [5.41, 5.74) is 2.01. The number of urea groups is 1. The molecular formula is C21H22ClN3O3. The van der Waals surface area contributed by atoms with Crippen LogP contribution in [0.4, 0.5) is 10.5 Å². The van der Waals surface area contributed by atoms with E-state index >= 15 is 0 Å². The van der Waals surface area contributed by atoms with Crippen LogP contribution in [0.25, 0.3) is 0 Å². The van der Waals surface area contributed by atoms with Crippen LogP contribution in [0.15, 0.2) is 42.5 Å². The third kappa shape index (κ3) is 3.60. The first-order chi connectivity index (χ1) is 13.3. The summed E-state index contributed by atoms with van der Waals surface area (Å²) in [7, 11) is 0. The lowest BCUT2D eigenvalue weighted by molar-refractivity contribution is -0.133. The summed E-state index contributed by atoms with van der Waals surface area (Å²) in [6, 6.07) is 11.9. The number of benzene rings is 2. The van der Waals surface area contributed by atoms with E-state index in [9.17, 15) is 14.4 Å². The van der Waals surface area contributed by atoms with Crippen molar-refractivity contribution in [1.82, 2.24) is 10.2 Å². The summed E-state index contributed by atoms with van der Waals surface area (Å²) in [4.78, 5) is 38.8. The van der Waals surface area contributed by atoms with Crippen LogP contribution < -0.4 is 10.6 Å². The van der Waals surface area contributed by atoms with E-state index in [1.165, 1.54) is 0 Å². The lowest BCUT2D eigenvalue weighted by atomic mass is 9.92. The van der Waals surface area contributed by atoms with Crippen molar-refractivity contribution < 1.29 is 14.4 Å². The van der Waals surface area contributed by atoms with Crippen LogP contribution in [0, 0.1) is 6.92 Å². The fourth-order valence-electron chi connectivity index (χ4n) is 3.34. The van der Waals surface area contributed by atoms with Crippen molar-refractivity contribution in [3.05, 3.63) is 64.2 Å². The van der Waals surface area contributed by atoms with E-state index in [2.05, 4.69) is 10.6 Å². The number of hydrogen-bond donors (Lipinski definition) is 2. The predicted octanol–water partition coefficient (Wildman–Crippen LogP) is 3.62. The highest BCUT2D eigenvalue weighted by molar-refractivity contribution is 6.30. The van der Waals surface area contributed by atoms with E-state index in [1.807, 2.05) is 32.0 Å². The number of amides is 4. The number of hydrogen-bond acceptors (Lipinski definition) is 3.